The van der Waals surface area contributed by atoms with Crippen molar-refractivity contribution in [3.05, 3.63) is 58.1 Å². The first kappa shape index (κ1) is 16.0. The van der Waals surface area contributed by atoms with Gasteiger partial charge in [0.05, 0.1) is 11.3 Å². The van der Waals surface area contributed by atoms with Gasteiger partial charge in [-0.2, -0.15) is 18.2 Å². The van der Waals surface area contributed by atoms with E-state index in [1.807, 2.05) is 12.1 Å². The summed E-state index contributed by atoms with van der Waals surface area (Å²) in [4.78, 5) is 19.7. The zero-order valence-electron chi connectivity index (χ0n) is 12.6. The number of aromatic nitrogens is 4. The van der Waals surface area contributed by atoms with Crippen LogP contribution in [0.15, 0.2) is 30.5 Å². The molecule has 2 aromatic heterocycles. The fourth-order valence-electron chi connectivity index (χ4n) is 3.04. The van der Waals surface area contributed by atoms with Crippen LogP contribution < -0.4 is 0 Å². The van der Waals surface area contributed by atoms with E-state index < -0.39 is 12.0 Å². The molecule has 0 spiro atoms. The molecule has 4 rings (SSSR count). The third kappa shape index (κ3) is 2.76. The summed E-state index contributed by atoms with van der Waals surface area (Å²) in [6, 6.07) is 7.06. The number of alkyl halides is 3. The van der Waals surface area contributed by atoms with Gasteiger partial charge in [-0.15, -0.1) is 5.10 Å². The molecule has 3 aromatic rings. The molecule has 128 valence electrons. The van der Waals surface area contributed by atoms with Crippen molar-refractivity contribution in [1.82, 2.24) is 19.6 Å². The molecule has 0 fully saturated rings. The zero-order chi connectivity index (χ0) is 17.8. The minimum atomic E-state index is -4.67. The van der Waals surface area contributed by atoms with Crippen molar-refractivity contribution in [2.45, 2.75) is 24.9 Å². The third-order valence-corrected chi connectivity index (χ3v) is 4.48. The number of ketones is 1. The van der Waals surface area contributed by atoms with Gasteiger partial charge in [0.2, 0.25) is 0 Å². The van der Waals surface area contributed by atoms with Crippen LogP contribution in [0.5, 0.6) is 0 Å². The topological polar surface area (TPSA) is 60.2 Å². The predicted molar refractivity (Wildman–Crippen MR) is 82.6 cm³/mol. The lowest BCUT2D eigenvalue weighted by Crippen LogP contribution is -2.22. The standard InChI is InChI=1S/C16H10ClF3N4O/c17-10-3-1-8(2-4-10)9-5-12-11(13(25)6-9)7-21-15-22-14(16(18,19)20)23-24(12)15/h1-4,7,9H,5-6H2. The minimum Gasteiger partial charge on any atom is -0.294 e. The minimum absolute atomic E-state index is 0.165. The second kappa shape index (κ2) is 5.52. The second-order valence-corrected chi connectivity index (χ2v) is 6.28. The Hall–Kier alpha value is -2.48. The smallest absolute Gasteiger partial charge is 0.294 e. The molecular weight excluding hydrogens is 357 g/mol. The Labute approximate surface area is 144 Å². The van der Waals surface area contributed by atoms with E-state index in [4.69, 9.17) is 11.6 Å². The largest absolute Gasteiger partial charge is 0.453 e. The van der Waals surface area contributed by atoms with Crippen LogP contribution in [0, 0.1) is 0 Å². The van der Waals surface area contributed by atoms with Gasteiger partial charge in [-0.3, -0.25) is 4.79 Å². The summed E-state index contributed by atoms with van der Waals surface area (Å²) in [6.07, 6.45) is -2.78. The molecule has 1 atom stereocenters. The van der Waals surface area contributed by atoms with Gasteiger partial charge in [0.15, 0.2) is 5.78 Å². The van der Waals surface area contributed by atoms with Crippen LogP contribution in [0.1, 0.15) is 39.8 Å². The first-order chi connectivity index (χ1) is 11.8. The Balaban J connectivity index is 1.82. The molecule has 0 aliphatic heterocycles. The molecule has 9 heteroatoms. The number of hydrogen-bond donors (Lipinski definition) is 0. The van der Waals surface area contributed by atoms with E-state index >= 15 is 0 Å². The van der Waals surface area contributed by atoms with Gasteiger partial charge in [0.25, 0.3) is 11.6 Å². The maximum atomic E-state index is 12.9. The molecule has 0 N–H and O–H groups in total. The summed E-state index contributed by atoms with van der Waals surface area (Å²) in [5.74, 6) is -1.79. The van der Waals surface area contributed by atoms with Gasteiger partial charge in [0.1, 0.15) is 0 Å². The Bertz CT molecular complexity index is 981. The van der Waals surface area contributed by atoms with E-state index in [1.54, 1.807) is 12.1 Å². The lowest BCUT2D eigenvalue weighted by atomic mass is 9.82. The van der Waals surface area contributed by atoms with E-state index in [0.717, 1.165) is 10.1 Å². The summed E-state index contributed by atoms with van der Waals surface area (Å²) >= 11 is 5.88. The summed E-state index contributed by atoms with van der Waals surface area (Å²) in [5.41, 5.74) is 1.57. The van der Waals surface area contributed by atoms with Crippen LogP contribution in [-0.4, -0.2) is 25.4 Å². The van der Waals surface area contributed by atoms with E-state index in [2.05, 4.69) is 15.1 Å². The van der Waals surface area contributed by atoms with Crippen molar-refractivity contribution in [3.63, 3.8) is 0 Å². The van der Waals surface area contributed by atoms with Gasteiger partial charge in [-0.25, -0.2) is 9.50 Å². The maximum absolute atomic E-state index is 12.9. The number of benzene rings is 1. The lowest BCUT2D eigenvalue weighted by molar-refractivity contribution is -0.144. The van der Waals surface area contributed by atoms with Crippen molar-refractivity contribution in [3.8, 4) is 0 Å². The highest BCUT2D eigenvalue weighted by molar-refractivity contribution is 6.30. The van der Waals surface area contributed by atoms with Gasteiger partial charge in [-0.1, -0.05) is 23.7 Å². The summed E-state index contributed by atoms with van der Waals surface area (Å²) in [6.45, 7) is 0. The molecule has 1 aliphatic rings. The Morgan fingerprint density at radius 3 is 2.56 bits per heavy atom. The van der Waals surface area contributed by atoms with Crippen molar-refractivity contribution < 1.29 is 18.0 Å². The molecule has 0 bridgehead atoms. The maximum Gasteiger partial charge on any atom is 0.453 e. The fourth-order valence-corrected chi connectivity index (χ4v) is 3.16. The van der Waals surface area contributed by atoms with E-state index in [-0.39, 0.29) is 29.5 Å². The highest BCUT2D eigenvalue weighted by Crippen LogP contribution is 2.34. The van der Waals surface area contributed by atoms with Crippen molar-refractivity contribution >= 4 is 23.2 Å². The number of carbonyl (C=O) groups excluding carboxylic acids is 1. The van der Waals surface area contributed by atoms with Gasteiger partial charge >= 0.3 is 6.18 Å². The summed E-state index contributed by atoms with van der Waals surface area (Å²) in [5, 5.41) is 4.09. The zero-order valence-corrected chi connectivity index (χ0v) is 13.3. The molecular formula is C16H10ClF3N4O. The molecule has 25 heavy (non-hydrogen) atoms. The average molecular weight is 367 g/mol. The van der Waals surface area contributed by atoms with E-state index in [1.165, 1.54) is 6.20 Å². The highest BCUT2D eigenvalue weighted by atomic mass is 35.5. The van der Waals surface area contributed by atoms with Crippen LogP contribution in [0.3, 0.4) is 0 Å². The summed E-state index contributed by atoms with van der Waals surface area (Å²) in [7, 11) is 0. The molecule has 2 heterocycles. The first-order valence-electron chi connectivity index (χ1n) is 7.43. The number of Topliss-reactive ketones (excluding diaryl/α,β-unsaturated/α-hetero) is 1. The number of carbonyl (C=O) groups is 1. The van der Waals surface area contributed by atoms with E-state index in [9.17, 15) is 18.0 Å². The number of rotatable bonds is 1. The van der Waals surface area contributed by atoms with Crippen LogP contribution in [0.4, 0.5) is 13.2 Å². The second-order valence-electron chi connectivity index (χ2n) is 5.84. The number of halogens is 4. The molecule has 0 saturated heterocycles. The van der Waals surface area contributed by atoms with Crippen molar-refractivity contribution in [2.24, 2.45) is 0 Å². The lowest BCUT2D eigenvalue weighted by Gasteiger charge is -2.23. The normalized spacial score (nSPS) is 17.8. The average Bonchev–Trinajstić information content (AvgIpc) is 3.00. The first-order valence-corrected chi connectivity index (χ1v) is 7.81. The number of hydrogen-bond acceptors (Lipinski definition) is 4. The van der Waals surface area contributed by atoms with Gasteiger partial charge in [0, 0.05) is 17.6 Å². The van der Waals surface area contributed by atoms with Crippen molar-refractivity contribution in [1.29, 1.82) is 0 Å². The van der Waals surface area contributed by atoms with Gasteiger partial charge < -0.3 is 0 Å². The number of fused-ring (bicyclic) bond motifs is 3. The quantitative estimate of drug-likeness (QED) is 0.658. The SMILES string of the molecule is O=C1CC(c2ccc(Cl)cc2)Cc2c1cnc1nc(C(F)(F)F)nn21. The fraction of sp³-hybridized carbons (Fsp3) is 0.250. The van der Waals surface area contributed by atoms with Crippen LogP contribution in [0.2, 0.25) is 5.02 Å². The summed E-state index contributed by atoms with van der Waals surface area (Å²) < 4.78 is 39.6. The molecule has 1 aromatic carbocycles. The molecule has 0 radical (unpaired) electrons. The monoisotopic (exact) mass is 366 g/mol. The van der Waals surface area contributed by atoms with Crippen LogP contribution in [-0.2, 0) is 12.6 Å². The molecule has 0 amide bonds. The highest BCUT2D eigenvalue weighted by Gasteiger charge is 2.38. The Kier molecular flexibility index (Phi) is 3.54. The molecule has 1 aliphatic carbocycles. The molecule has 0 saturated carbocycles. The number of nitrogens with zero attached hydrogens (tertiary/aromatic N) is 4. The van der Waals surface area contributed by atoms with E-state index in [0.29, 0.717) is 17.1 Å². The van der Waals surface area contributed by atoms with Crippen molar-refractivity contribution in [2.75, 3.05) is 0 Å². The predicted octanol–water partition coefficient (Wildman–Crippen LogP) is 3.71. The molecule has 5 nitrogen and oxygen atoms in total. The molecule has 1 unspecified atom stereocenters. The van der Waals surface area contributed by atoms with Crippen LogP contribution in [0.25, 0.3) is 5.78 Å². The Morgan fingerprint density at radius 2 is 1.88 bits per heavy atom. The van der Waals surface area contributed by atoms with Gasteiger partial charge in [-0.05, 0) is 30.0 Å². The third-order valence-electron chi connectivity index (χ3n) is 4.23. The van der Waals surface area contributed by atoms with Crippen LogP contribution >= 0.6 is 11.6 Å². The Morgan fingerprint density at radius 1 is 1.16 bits per heavy atom.